The predicted octanol–water partition coefficient (Wildman–Crippen LogP) is 2.76. The van der Waals surface area contributed by atoms with E-state index in [1.54, 1.807) is 12.1 Å². The van der Waals surface area contributed by atoms with Crippen molar-refractivity contribution in [2.75, 3.05) is 18.5 Å². The van der Waals surface area contributed by atoms with E-state index in [4.69, 9.17) is 9.84 Å². The highest BCUT2D eigenvalue weighted by Crippen LogP contribution is 2.28. The zero-order chi connectivity index (χ0) is 18.8. The van der Waals surface area contributed by atoms with Crippen molar-refractivity contribution in [1.82, 2.24) is 0 Å². The first-order valence-electron chi connectivity index (χ1n) is 7.61. The third kappa shape index (κ3) is 4.11. The van der Waals surface area contributed by atoms with E-state index in [1.165, 1.54) is 36.7 Å². The molecule has 2 rings (SSSR count). The van der Waals surface area contributed by atoms with E-state index in [0.29, 0.717) is 17.0 Å². The highest BCUT2D eigenvalue weighted by molar-refractivity contribution is 7.92. The summed E-state index contributed by atoms with van der Waals surface area (Å²) < 4.78 is 32.2. The van der Waals surface area contributed by atoms with Gasteiger partial charge in [-0.2, -0.15) is 0 Å². The first kappa shape index (κ1) is 18.8. The Morgan fingerprint density at radius 1 is 1.12 bits per heavy atom. The number of methoxy groups -OCH3 is 1. The molecule has 2 aromatic rings. The molecule has 0 spiro atoms. The van der Waals surface area contributed by atoms with Crippen molar-refractivity contribution in [2.45, 2.75) is 25.2 Å². The van der Waals surface area contributed by atoms with Gasteiger partial charge in [0.25, 0.3) is 10.0 Å². The van der Waals surface area contributed by atoms with Crippen LogP contribution in [-0.2, 0) is 21.2 Å². The molecule has 25 heavy (non-hydrogen) atoms. The molecule has 2 aromatic carbocycles. The van der Waals surface area contributed by atoms with Gasteiger partial charge in [0.2, 0.25) is 0 Å². The van der Waals surface area contributed by atoms with Gasteiger partial charge in [-0.25, -0.2) is 8.42 Å². The Morgan fingerprint density at radius 3 is 2.24 bits per heavy atom. The Bertz CT molecular complexity index is 885. The molecule has 0 aromatic heterocycles. The first-order valence-corrected chi connectivity index (χ1v) is 9.05. The van der Waals surface area contributed by atoms with Crippen molar-refractivity contribution < 1.29 is 23.1 Å². The van der Waals surface area contributed by atoms with Crippen LogP contribution < -0.4 is 9.04 Å². The number of carboxylic acids is 1. The van der Waals surface area contributed by atoms with Crippen molar-refractivity contribution in [3.05, 3.63) is 53.1 Å². The summed E-state index contributed by atoms with van der Waals surface area (Å²) in [7, 11) is -0.934. The summed E-state index contributed by atoms with van der Waals surface area (Å²) in [4.78, 5) is 11.0. The molecule has 0 unspecified atom stereocenters. The number of hydrogen-bond donors (Lipinski definition) is 1. The molecule has 0 bridgehead atoms. The fourth-order valence-electron chi connectivity index (χ4n) is 2.65. The number of nitrogens with zero attached hydrogens (tertiary/aromatic N) is 1. The second-order valence-corrected chi connectivity index (χ2v) is 7.83. The number of anilines is 1. The molecule has 0 heterocycles. The summed E-state index contributed by atoms with van der Waals surface area (Å²) in [5.74, 6) is -0.717. The largest absolute Gasteiger partial charge is 0.496 e. The van der Waals surface area contributed by atoms with Crippen LogP contribution in [0.5, 0.6) is 5.75 Å². The van der Waals surface area contributed by atoms with E-state index < -0.39 is 16.0 Å². The van der Waals surface area contributed by atoms with Gasteiger partial charge >= 0.3 is 5.97 Å². The molecule has 0 amide bonds. The lowest BCUT2D eigenvalue weighted by atomic mass is 10.1. The molecule has 1 N–H and O–H groups in total. The Hall–Kier alpha value is -2.54. The SMILES string of the molecule is COc1ccc(S(=O)(=O)N(C)c2cc(C)cc(C)c2)cc1CC(=O)O. The summed E-state index contributed by atoms with van der Waals surface area (Å²) >= 11 is 0. The predicted molar refractivity (Wildman–Crippen MR) is 95.8 cm³/mol. The molecule has 0 fully saturated rings. The monoisotopic (exact) mass is 363 g/mol. The van der Waals surface area contributed by atoms with Crippen molar-refractivity contribution in [3.8, 4) is 5.75 Å². The quantitative estimate of drug-likeness (QED) is 0.853. The second kappa shape index (κ2) is 7.14. The number of ether oxygens (including phenoxy) is 1. The lowest BCUT2D eigenvalue weighted by molar-refractivity contribution is -0.136. The fraction of sp³-hybridized carbons (Fsp3) is 0.278. The van der Waals surface area contributed by atoms with Gasteiger partial charge in [0, 0.05) is 12.6 Å². The Kier molecular flexibility index (Phi) is 5.37. The maximum atomic E-state index is 12.9. The fourth-order valence-corrected chi connectivity index (χ4v) is 3.88. The second-order valence-electron chi connectivity index (χ2n) is 5.86. The van der Waals surface area contributed by atoms with Crippen LogP contribution in [0.2, 0.25) is 0 Å². The minimum atomic E-state index is -3.82. The zero-order valence-electron chi connectivity index (χ0n) is 14.6. The summed E-state index contributed by atoms with van der Waals surface area (Å²) in [5.41, 5.74) is 2.77. The van der Waals surface area contributed by atoms with Crippen LogP contribution in [0.25, 0.3) is 0 Å². The third-order valence-electron chi connectivity index (χ3n) is 3.82. The van der Waals surface area contributed by atoms with E-state index in [0.717, 1.165) is 11.1 Å². The van der Waals surface area contributed by atoms with Gasteiger partial charge < -0.3 is 9.84 Å². The van der Waals surface area contributed by atoms with Crippen molar-refractivity contribution in [1.29, 1.82) is 0 Å². The van der Waals surface area contributed by atoms with Gasteiger partial charge in [0.15, 0.2) is 0 Å². The van der Waals surface area contributed by atoms with Crippen LogP contribution in [-0.4, -0.2) is 33.7 Å². The van der Waals surface area contributed by atoms with Gasteiger partial charge in [-0.05, 0) is 55.3 Å². The number of rotatable bonds is 6. The van der Waals surface area contributed by atoms with E-state index >= 15 is 0 Å². The minimum Gasteiger partial charge on any atom is -0.496 e. The van der Waals surface area contributed by atoms with Crippen molar-refractivity contribution in [2.24, 2.45) is 0 Å². The molecule has 0 saturated heterocycles. The molecule has 0 radical (unpaired) electrons. The average Bonchev–Trinajstić information content (AvgIpc) is 2.52. The average molecular weight is 363 g/mol. The molecular weight excluding hydrogens is 342 g/mol. The molecule has 0 aliphatic rings. The van der Waals surface area contributed by atoms with Gasteiger partial charge in [-0.15, -0.1) is 0 Å². The zero-order valence-corrected chi connectivity index (χ0v) is 15.4. The number of carbonyl (C=O) groups is 1. The molecule has 0 atom stereocenters. The first-order chi connectivity index (χ1) is 11.6. The van der Waals surface area contributed by atoms with Crippen LogP contribution in [0.4, 0.5) is 5.69 Å². The van der Waals surface area contributed by atoms with Crippen LogP contribution in [0.3, 0.4) is 0 Å². The van der Waals surface area contributed by atoms with Crippen LogP contribution in [0, 0.1) is 13.8 Å². The number of benzene rings is 2. The smallest absolute Gasteiger partial charge is 0.307 e. The summed E-state index contributed by atoms with van der Waals surface area (Å²) in [6, 6.07) is 9.77. The van der Waals surface area contributed by atoms with Gasteiger partial charge in [0.05, 0.1) is 24.1 Å². The number of aryl methyl sites for hydroxylation is 2. The van der Waals surface area contributed by atoms with Crippen molar-refractivity contribution in [3.63, 3.8) is 0 Å². The molecular formula is C18H21NO5S. The van der Waals surface area contributed by atoms with E-state index in [2.05, 4.69) is 0 Å². The minimum absolute atomic E-state index is 0.0196. The number of hydrogen-bond acceptors (Lipinski definition) is 4. The Balaban J connectivity index is 2.49. The van der Waals surface area contributed by atoms with E-state index in [-0.39, 0.29) is 11.3 Å². The van der Waals surface area contributed by atoms with E-state index in [9.17, 15) is 13.2 Å². The number of carboxylic acid groups (broad SMARTS) is 1. The Labute approximate surface area is 147 Å². The van der Waals surface area contributed by atoms with E-state index in [1.807, 2.05) is 19.9 Å². The maximum Gasteiger partial charge on any atom is 0.307 e. The molecule has 134 valence electrons. The topological polar surface area (TPSA) is 83.9 Å². The van der Waals surface area contributed by atoms with Gasteiger partial charge in [-0.1, -0.05) is 6.07 Å². The maximum absolute atomic E-state index is 12.9. The lowest BCUT2D eigenvalue weighted by Gasteiger charge is -2.21. The highest BCUT2D eigenvalue weighted by atomic mass is 32.2. The molecule has 0 aliphatic carbocycles. The standard InChI is InChI=1S/C18H21NO5S/c1-12-7-13(2)9-15(8-12)19(3)25(22,23)16-5-6-17(24-4)14(10-16)11-18(20)21/h5-10H,11H2,1-4H3,(H,20,21). The van der Waals surface area contributed by atoms with Crippen LogP contribution in [0.15, 0.2) is 41.3 Å². The molecule has 0 aliphatic heterocycles. The summed E-state index contributed by atoms with van der Waals surface area (Å²) in [6.07, 6.45) is -0.320. The van der Waals surface area contributed by atoms with Crippen LogP contribution in [0.1, 0.15) is 16.7 Å². The molecule has 6 nitrogen and oxygen atoms in total. The van der Waals surface area contributed by atoms with Crippen molar-refractivity contribution >= 4 is 21.7 Å². The Morgan fingerprint density at radius 2 is 1.72 bits per heavy atom. The normalized spacial score (nSPS) is 11.2. The summed E-state index contributed by atoms with van der Waals surface area (Å²) in [6.45, 7) is 3.80. The number of sulfonamides is 1. The van der Waals surface area contributed by atoms with Gasteiger partial charge in [0.1, 0.15) is 5.75 Å². The lowest BCUT2D eigenvalue weighted by Crippen LogP contribution is -2.27. The third-order valence-corrected chi connectivity index (χ3v) is 5.60. The molecule has 7 heteroatoms. The van der Waals surface area contributed by atoms with Gasteiger partial charge in [-0.3, -0.25) is 9.10 Å². The summed E-state index contributed by atoms with van der Waals surface area (Å²) in [5, 5.41) is 9.01. The molecule has 0 saturated carbocycles. The van der Waals surface area contributed by atoms with Crippen LogP contribution >= 0.6 is 0 Å². The highest BCUT2D eigenvalue weighted by Gasteiger charge is 2.23. The number of aliphatic carboxylic acids is 1.